The van der Waals surface area contributed by atoms with Gasteiger partial charge in [0.1, 0.15) is 11.3 Å². The summed E-state index contributed by atoms with van der Waals surface area (Å²) >= 11 is 0. The van der Waals surface area contributed by atoms with E-state index in [9.17, 15) is 9.59 Å². The van der Waals surface area contributed by atoms with Crippen LogP contribution in [0.2, 0.25) is 0 Å². The van der Waals surface area contributed by atoms with Gasteiger partial charge in [-0.15, -0.1) is 0 Å². The number of hydrogen-bond donors (Lipinski definition) is 0. The SMILES string of the molecule is COc1cc2ccccc2cc1C(=O)OCC(=O)c1cc(C)n(C[C@@H]2CCCO2)c1C. The van der Waals surface area contributed by atoms with Crippen LogP contribution >= 0.6 is 0 Å². The van der Waals surface area contributed by atoms with Gasteiger partial charge in [-0.1, -0.05) is 24.3 Å². The van der Waals surface area contributed by atoms with Crippen LogP contribution in [-0.2, 0) is 16.0 Å². The maximum absolute atomic E-state index is 12.8. The highest BCUT2D eigenvalue weighted by Gasteiger charge is 2.22. The van der Waals surface area contributed by atoms with Crippen molar-refractivity contribution < 1.29 is 23.8 Å². The zero-order valence-corrected chi connectivity index (χ0v) is 18.1. The summed E-state index contributed by atoms with van der Waals surface area (Å²) in [7, 11) is 1.51. The largest absolute Gasteiger partial charge is 0.496 e. The van der Waals surface area contributed by atoms with E-state index >= 15 is 0 Å². The van der Waals surface area contributed by atoms with Crippen LogP contribution in [0.25, 0.3) is 10.8 Å². The van der Waals surface area contributed by atoms with E-state index < -0.39 is 5.97 Å². The number of rotatable bonds is 7. The van der Waals surface area contributed by atoms with E-state index in [-0.39, 0.29) is 18.5 Å². The summed E-state index contributed by atoms with van der Waals surface area (Å²) in [5.41, 5.74) is 2.75. The van der Waals surface area contributed by atoms with Gasteiger partial charge in [-0.25, -0.2) is 4.79 Å². The molecule has 0 unspecified atom stereocenters. The summed E-state index contributed by atoms with van der Waals surface area (Å²) in [6.45, 7) is 5.11. The number of fused-ring (bicyclic) bond motifs is 1. The molecule has 0 amide bonds. The number of carbonyl (C=O) groups excluding carboxylic acids is 2. The van der Waals surface area contributed by atoms with Crippen molar-refractivity contribution in [2.45, 2.75) is 39.3 Å². The summed E-state index contributed by atoms with van der Waals surface area (Å²) in [5.74, 6) is -0.380. The monoisotopic (exact) mass is 421 g/mol. The molecule has 2 heterocycles. The van der Waals surface area contributed by atoms with E-state index in [0.29, 0.717) is 16.9 Å². The number of aryl methyl sites for hydroxylation is 1. The molecule has 162 valence electrons. The Morgan fingerprint density at radius 2 is 1.84 bits per heavy atom. The van der Waals surface area contributed by atoms with Crippen LogP contribution in [0.3, 0.4) is 0 Å². The number of aromatic nitrogens is 1. The highest BCUT2D eigenvalue weighted by Crippen LogP contribution is 2.27. The third kappa shape index (κ3) is 4.35. The van der Waals surface area contributed by atoms with Crippen molar-refractivity contribution in [2.24, 2.45) is 0 Å². The van der Waals surface area contributed by atoms with Gasteiger partial charge >= 0.3 is 5.97 Å². The van der Waals surface area contributed by atoms with Crippen LogP contribution in [0.5, 0.6) is 5.75 Å². The fraction of sp³-hybridized carbons (Fsp3) is 0.360. The number of ether oxygens (including phenoxy) is 3. The smallest absolute Gasteiger partial charge is 0.342 e. The number of esters is 1. The summed E-state index contributed by atoms with van der Waals surface area (Å²) in [6, 6.07) is 13.1. The fourth-order valence-corrected chi connectivity index (χ4v) is 4.19. The molecule has 1 aliphatic rings. The van der Waals surface area contributed by atoms with Crippen molar-refractivity contribution in [3.05, 3.63) is 65.0 Å². The zero-order chi connectivity index (χ0) is 22.0. The van der Waals surface area contributed by atoms with Crippen LogP contribution in [0.4, 0.5) is 0 Å². The molecule has 31 heavy (non-hydrogen) atoms. The summed E-state index contributed by atoms with van der Waals surface area (Å²) in [4.78, 5) is 25.5. The Balaban J connectivity index is 1.47. The highest BCUT2D eigenvalue weighted by atomic mass is 16.5. The first-order chi connectivity index (χ1) is 15.0. The van der Waals surface area contributed by atoms with Gasteiger partial charge in [-0.2, -0.15) is 0 Å². The minimum atomic E-state index is -0.580. The first-order valence-corrected chi connectivity index (χ1v) is 10.5. The third-order valence-electron chi connectivity index (χ3n) is 5.91. The summed E-state index contributed by atoms with van der Waals surface area (Å²) < 4.78 is 18.6. The van der Waals surface area contributed by atoms with E-state index in [1.807, 2.05) is 44.2 Å². The van der Waals surface area contributed by atoms with Crippen molar-refractivity contribution in [3.63, 3.8) is 0 Å². The van der Waals surface area contributed by atoms with Crippen LogP contribution in [-0.4, -0.2) is 42.7 Å². The first-order valence-electron chi connectivity index (χ1n) is 10.5. The average molecular weight is 421 g/mol. The Kier molecular flexibility index (Phi) is 6.09. The predicted octanol–water partition coefficient (Wildman–Crippen LogP) is 4.49. The Labute approximate surface area is 181 Å². The number of nitrogens with zero attached hydrogens (tertiary/aromatic N) is 1. The van der Waals surface area contributed by atoms with Gasteiger partial charge in [0.25, 0.3) is 0 Å². The second-order valence-electron chi connectivity index (χ2n) is 7.93. The Morgan fingerprint density at radius 1 is 1.10 bits per heavy atom. The Bertz CT molecular complexity index is 1120. The van der Waals surface area contributed by atoms with Gasteiger partial charge in [0.2, 0.25) is 5.78 Å². The molecule has 0 spiro atoms. The first kappa shape index (κ1) is 21.1. The van der Waals surface area contributed by atoms with E-state index in [4.69, 9.17) is 14.2 Å². The third-order valence-corrected chi connectivity index (χ3v) is 5.91. The summed E-state index contributed by atoms with van der Waals surface area (Å²) in [6.07, 6.45) is 2.29. The number of benzene rings is 2. The predicted molar refractivity (Wildman–Crippen MR) is 118 cm³/mol. The van der Waals surface area contributed by atoms with E-state index in [2.05, 4.69) is 4.57 Å². The van der Waals surface area contributed by atoms with Crippen molar-refractivity contribution >= 4 is 22.5 Å². The van der Waals surface area contributed by atoms with Crippen molar-refractivity contribution in [1.29, 1.82) is 0 Å². The van der Waals surface area contributed by atoms with Crippen LogP contribution in [0.1, 0.15) is 44.9 Å². The number of methoxy groups -OCH3 is 1. The van der Waals surface area contributed by atoms with E-state index in [1.54, 1.807) is 12.1 Å². The van der Waals surface area contributed by atoms with Gasteiger partial charge in [0.15, 0.2) is 6.61 Å². The molecule has 1 saturated heterocycles. The van der Waals surface area contributed by atoms with Crippen molar-refractivity contribution in [1.82, 2.24) is 4.57 Å². The van der Waals surface area contributed by atoms with E-state index in [0.717, 1.165) is 48.2 Å². The van der Waals surface area contributed by atoms with Crippen molar-refractivity contribution in [2.75, 3.05) is 20.3 Å². The maximum Gasteiger partial charge on any atom is 0.342 e. The molecule has 0 N–H and O–H groups in total. The minimum Gasteiger partial charge on any atom is -0.496 e. The lowest BCUT2D eigenvalue weighted by molar-refractivity contribution is 0.0471. The molecular weight excluding hydrogens is 394 g/mol. The molecule has 0 saturated carbocycles. The van der Waals surface area contributed by atoms with Gasteiger partial charge in [0.05, 0.1) is 13.2 Å². The molecule has 1 atom stereocenters. The normalized spacial score (nSPS) is 15.9. The van der Waals surface area contributed by atoms with Gasteiger partial charge in [0, 0.05) is 30.1 Å². The molecule has 3 aromatic rings. The molecule has 6 heteroatoms. The second kappa shape index (κ2) is 8.94. The Hall–Kier alpha value is -3.12. The number of carbonyl (C=O) groups is 2. The number of ketones is 1. The van der Waals surface area contributed by atoms with Gasteiger partial charge in [-0.05, 0) is 55.7 Å². The molecule has 1 aliphatic heterocycles. The Morgan fingerprint density at radius 3 is 2.52 bits per heavy atom. The number of hydrogen-bond acceptors (Lipinski definition) is 5. The van der Waals surface area contributed by atoms with Crippen molar-refractivity contribution in [3.8, 4) is 5.75 Å². The average Bonchev–Trinajstić information content (AvgIpc) is 3.40. The molecule has 6 nitrogen and oxygen atoms in total. The lowest BCUT2D eigenvalue weighted by Crippen LogP contribution is -2.18. The molecule has 2 aromatic carbocycles. The molecule has 4 rings (SSSR count). The molecule has 0 radical (unpaired) electrons. The molecule has 0 aliphatic carbocycles. The maximum atomic E-state index is 12.8. The van der Waals surface area contributed by atoms with E-state index in [1.165, 1.54) is 7.11 Å². The minimum absolute atomic E-state index is 0.186. The van der Waals surface area contributed by atoms with Gasteiger partial charge < -0.3 is 18.8 Å². The van der Waals surface area contributed by atoms with Crippen LogP contribution in [0.15, 0.2) is 42.5 Å². The molecule has 0 bridgehead atoms. The quantitative estimate of drug-likeness (QED) is 0.416. The van der Waals surface area contributed by atoms with Crippen LogP contribution < -0.4 is 4.74 Å². The lowest BCUT2D eigenvalue weighted by atomic mass is 10.1. The fourth-order valence-electron chi connectivity index (χ4n) is 4.19. The van der Waals surface area contributed by atoms with Crippen LogP contribution in [0, 0.1) is 13.8 Å². The molecule has 1 fully saturated rings. The van der Waals surface area contributed by atoms with Gasteiger partial charge in [-0.3, -0.25) is 4.79 Å². The summed E-state index contributed by atoms with van der Waals surface area (Å²) in [5, 5.41) is 1.87. The number of Topliss-reactive ketones (excluding diaryl/α,β-unsaturated/α-hetero) is 1. The highest BCUT2D eigenvalue weighted by molar-refractivity contribution is 6.02. The lowest BCUT2D eigenvalue weighted by Gasteiger charge is -2.15. The topological polar surface area (TPSA) is 66.8 Å². The molecular formula is C25H27NO5. The second-order valence-corrected chi connectivity index (χ2v) is 7.93. The molecule has 1 aromatic heterocycles. The zero-order valence-electron chi connectivity index (χ0n) is 18.1. The standard InChI is InChI=1S/C25H27NO5/c1-16-11-21(17(2)26(16)14-20-9-6-10-30-20)23(27)15-31-25(28)22-12-18-7-4-5-8-19(18)13-24(22)29-3/h4-5,7-8,11-13,20H,6,9-10,14-15H2,1-3H3/t20-/m0/s1.